The van der Waals surface area contributed by atoms with Gasteiger partial charge in [-0.1, -0.05) is 23.7 Å². The molecule has 1 fully saturated rings. The molecule has 0 unspecified atom stereocenters. The third-order valence-corrected chi connectivity index (χ3v) is 4.42. The van der Waals surface area contributed by atoms with Crippen LogP contribution in [0.2, 0.25) is 5.02 Å². The number of benzene rings is 2. The smallest absolute Gasteiger partial charge is 0.271 e. The summed E-state index contributed by atoms with van der Waals surface area (Å²) in [6.45, 7) is 0.946. The van der Waals surface area contributed by atoms with Crippen molar-refractivity contribution in [1.82, 2.24) is 5.32 Å². The van der Waals surface area contributed by atoms with E-state index in [2.05, 4.69) is 5.32 Å². The van der Waals surface area contributed by atoms with Crippen LogP contribution in [0.15, 0.2) is 42.5 Å². The maximum absolute atomic E-state index is 10.7. The Labute approximate surface area is 156 Å². The Hall–Kier alpha value is -2.35. The van der Waals surface area contributed by atoms with Crippen molar-refractivity contribution in [3.63, 3.8) is 0 Å². The van der Waals surface area contributed by atoms with Crippen molar-refractivity contribution in [3.8, 4) is 5.75 Å². The lowest BCUT2D eigenvalue weighted by Crippen LogP contribution is -2.22. The number of anilines is 1. The lowest BCUT2D eigenvalue weighted by molar-refractivity contribution is -0.384. The molecule has 0 saturated carbocycles. The molecule has 8 heteroatoms. The van der Waals surface area contributed by atoms with Crippen LogP contribution in [0.25, 0.3) is 0 Å². The number of non-ortho nitro benzene ring substituents is 1. The van der Waals surface area contributed by atoms with Crippen LogP contribution in [0, 0.1) is 10.1 Å². The summed E-state index contributed by atoms with van der Waals surface area (Å²) in [6.07, 6.45) is -0.327. The van der Waals surface area contributed by atoms with Crippen LogP contribution in [0.3, 0.4) is 0 Å². The van der Waals surface area contributed by atoms with Gasteiger partial charge in [-0.15, -0.1) is 0 Å². The van der Waals surface area contributed by atoms with E-state index in [-0.39, 0.29) is 23.0 Å². The molecule has 2 aromatic carbocycles. The number of hydrogen-bond donors (Lipinski definition) is 1. The van der Waals surface area contributed by atoms with Gasteiger partial charge >= 0.3 is 0 Å². The number of ether oxygens (including phenoxy) is 2. The van der Waals surface area contributed by atoms with E-state index in [1.54, 1.807) is 0 Å². The molecule has 3 rings (SSSR count). The minimum atomic E-state index is -0.494. The van der Waals surface area contributed by atoms with Gasteiger partial charge in [0.15, 0.2) is 0 Å². The van der Waals surface area contributed by atoms with Crippen LogP contribution in [0.1, 0.15) is 11.8 Å². The van der Waals surface area contributed by atoms with Crippen molar-refractivity contribution in [2.75, 3.05) is 32.1 Å². The number of halogens is 1. The van der Waals surface area contributed by atoms with Gasteiger partial charge in [0, 0.05) is 38.5 Å². The molecule has 7 nitrogen and oxygen atoms in total. The van der Waals surface area contributed by atoms with Crippen LogP contribution >= 0.6 is 11.6 Å². The van der Waals surface area contributed by atoms with Gasteiger partial charge in [0.2, 0.25) is 0 Å². The largest absolute Gasteiger partial charge is 0.489 e. The molecule has 0 aliphatic carbocycles. The fourth-order valence-corrected chi connectivity index (χ4v) is 2.90. The zero-order valence-corrected chi connectivity index (χ0v) is 15.3. The SMILES string of the molecule is CN(C)c1ccc([C@@H]2NC[C@H](COc3ccc([N+](=O)[O-])cc3Cl)O2)cc1. The summed E-state index contributed by atoms with van der Waals surface area (Å²) >= 11 is 6.03. The molecule has 1 aliphatic heterocycles. The molecular weight excluding hydrogens is 358 g/mol. The minimum Gasteiger partial charge on any atom is -0.489 e. The molecule has 1 aliphatic rings. The summed E-state index contributed by atoms with van der Waals surface area (Å²) in [5.74, 6) is 0.402. The zero-order valence-electron chi connectivity index (χ0n) is 14.5. The monoisotopic (exact) mass is 377 g/mol. The van der Waals surface area contributed by atoms with Crippen LogP contribution < -0.4 is 15.0 Å². The standard InChI is InChI=1S/C18H20ClN3O4/c1-21(2)13-5-3-12(4-6-13)18-20-10-15(26-18)11-25-17-8-7-14(22(23)24)9-16(17)19/h3-9,15,18,20H,10-11H2,1-2H3/t15-,18-/m1/s1. The quantitative estimate of drug-likeness (QED) is 0.614. The molecule has 0 bridgehead atoms. The highest BCUT2D eigenvalue weighted by Gasteiger charge is 2.26. The summed E-state index contributed by atoms with van der Waals surface area (Å²) in [5.41, 5.74) is 2.10. The molecular formula is C18H20ClN3O4. The second-order valence-electron chi connectivity index (χ2n) is 6.22. The van der Waals surface area contributed by atoms with Crippen LogP contribution in [-0.4, -0.2) is 38.3 Å². The average Bonchev–Trinajstić information content (AvgIpc) is 3.09. The van der Waals surface area contributed by atoms with E-state index in [9.17, 15) is 10.1 Å². The summed E-state index contributed by atoms with van der Waals surface area (Å²) in [4.78, 5) is 12.3. The van der Waals surface area contributed by atoms with E-state index in [1.165, 1.54) is 18.2 Å². The first-order chi connectivity index (χ1) is 12.4. The predicted molar refractivity (Wildman–Crippen MR) is 100.0 cm³/mol. The van der Waals surface area contributed by atoms with Crippen molar-refractivity contribution in [2.24, 2.45) is 0 Å². The number of nitro benzene ring substituents is 1. The third-order valence-electron chi connectivity index (χ3n) is 4.12. The summed E-state index contributed by atoms with van der Waals surface area (Å²) < 4.78 is 11.6. The molecule has 1 N–H and O–H groups in total. The van der Waals surface area contributed by atoms with Gasteiger partial charge in [-0.3, -0.25) is 15.4 Å². The molecule has 0 spiro atoms. The van der Waals surface area contributed by atoms with Crippen molar-refractivity contribution in [1.29, 1.82) is 0 Å². The Balaban J connectivity index is 1.55. The maximum Gasteiger partial charge on any atom is 0.271 e. The Kier molecular flexibility index (Phi) is 5.61. The Morgan fingerprint density at radius 1 is 1.31 bits per heavy atom. The van der Waals surface area contributed by atoms with Gasteiger partial charge in [0.25, 0.3) is 5.69 Å². The highest BCUT2D eigenvalue weighted by atomic mass is 35.5. The van der Waals surface area contributed by atoms with Crippen LogP contribution in [-0.2, 0) is 4.74 Å². The number of nitrogens with zero attached hydrogens (tertiary/aromatic N) is 2. The lowest BCUT2D eigenvalue weighted by Gasteiger charge is -2.16. The molecule has 0 amide bonds. The fraction of sp³-hybridized carbons (Fsp3) is 0.333. The van der Waals surface area contributed by atoms with E-state index in [0.29, 0.717) is 18.9 Å². The minimum absolute atomic E-state index is 0.0673. The normalized spacial score (nSPS) is 19.3. The van der Waals surface area contributed by atoms with Gasteiger partial charge in [-0.05, 0) is 23.8 Å². The molecule has 0 radical (unpaired) electrons. The number of hydrogen-bond acceptors (Lipinski definition) is 6. The molecule has 1 saturated heterocycles. The topological polar surface area (TPSA) is 76.9 Å². The van der Waals surface area contributed by atoms with Gasteiger partial charge in [-0.25, -0.2) is 0 Å². The van der Waals surface area contributed by atoms with Crippen molar-refractivity contribution in [3.05, 3.63) is 63.2 Å². The van der Waals surface area contributed by atoms with E-state index in [1.807, 2.05) is 43.3 Å². The fourth-order valence-electron chi connectivity index (χ4n) is 2.67. The third kappa shape index (κ3) is 4.24. The second-order valence-corrected chi connectivity index (χ2v) is 6.62. The Morgan fingerprint density at radius 3 is 2.65 bits per heavy atom. The van der Waals surface area contributed by atoms with Crippen LogP contribution in [0.4, 0.5) is 11.4 Å². The highest BCUT2D eigenvalue weighted by Crippen LogP contribution is 2.30. The Morgan fingerprint density at radius 2 is 2.04 bits per heavy atom. The summed E-state index contributed by atoms with van der Waals surface area (Å²) in [6, 6.07) is 12.3. The first-order valence-electron chi connectivity index (χ1n) is 8.17. The predicted octanol–water partition coefficient (Wildman–Crippen LogP) is 3.38. The number of rotatable bonds is 6. The van der Waals surface area contributed by atoms with Gasteiger partial charge in [0.05, 0.1) is 9.95 Å². The summed E-state index contributed by atoms with van der Waals surface area (Å²) in [7, 11) is 3.99. The highest BCUT2D eigenvalue weighted by molar-refractivity contribution is 6.32. The molecule has 2 aromatic rings. The van der Waals surface area contributed by atoms with Crippen molar-refractivity contribution >= 4 is 23.0 Å². The van der Waals surface area contributed by atoms with Crippen molar-refractivity contribution in [2.45, 2.75) is 12.3 Å². The second kappa shape index (κ2) is 7.90. The first kappa shape index (κ1) is 18.4. The number of nitro groups is 1. The molecule has 26 heavy (non-hydrogen) atoms. The van der Waals surface area contributed by atoms with Gasteiger partial charge in [-0.2, -0.15) is 0 Å². The average molecular weight is 378 g/mol. The molecule has 2 atom stereocenters. The molecule has 138 valence electrons. The molecule has 0 aromatic heterocycles. The zero-order chi connectivity index (χ0) is 18.7. The van der Waals surface area contributed by atoms with Gasteiger partial charge in [0.1, 0.15) is 24.7 Å². The van der Waals surface area contributed by atoms with Crippen molar-refractivity contribution < 1.29 is 14.4 Å². The summed E-state index contributed by atoms with van der Waals surface area (Å²) in [5, 5.41) is 14.3. The van der Waals surface area contributed by atoms with Crippen LogP contribution in [0.5, 0.6) is 5.75 Å². The lowest BCUT2D eigenvalue weighted by atomic mass is 10.2. The first-order valence-corrected chi connectivity index (χ1v) is 8.54. The van der Waals surface area contributed by atoms with E-state index in [4.69, 9.17) is 21.1 Å². The van der Waals surface area contributed by atoms with E-state index in [0.717, 1.165) is 11.3 Å². The van der Waals surface area contributed by atoms with Gasteiger partial charge < -0.3 is 14.4 Å². The van der Waals surface area contributed by atoms with E-state index < -0.39 is 4.92 Å². The van der Waals surface area contributed by atoms with E-state index >= 15 is 0 Å². The molecule has 1 heterocycles. The number of nitrogens with one attached hydrogen (secondary N) is 1. The Bertz CT molecular complexity index is 783. The maximum atomic E-state index is 10.7.